The molecule has 2 aliphatic rings. The predicted molar refractivity (Wildman–Crippen MR) is 107 cm³/mol. The normalized spacial score (nSPS) is 24.5. The van der Waals surface area contributed by atoms with Gasteiger partial charge in [-0.2, -0.15) is 0 Å². The lowest BCUT2D eigenvalue weighted by atomic mass is 9.84. The summed E-state index contributed by atoms with van der Waals surface area (Å²) in [4.78, 5) is 26.8. The van der Waals surface area contributed by atoms with Crippen molar-refractivity contribution in [3.63, 3.8) is 0 Å². The highest BCUT2D eigenvalue weighted by Crippen LogP contribution is 2.35. The van der Waals surface area contributed by atoms with Crippen molar-refractivity contribution in [3.8, 4) is 0 Å². The first-order valence-electron chi connectivity index (χ1n) is 10.5. The van der Waals surface area contributed by atoms with E-state index in [1.807, 2.05) is 37.4 Å². The smallest absolute Gasteiger partial charge is 0.225 e. The Morgan fingerprint density at radius 3 is 2.44 bits per heavy atom. The second-order valence-corrected chi connectivity index (χ2v) is 7.94. The van der Waals surface area contributed by atoms with Gasteiger partial charge in [0.2, 0.25) is 11.8 Å². The van der Waals surface area contributed by atoms with Gasteiger partial charge in [0, 0.05) is 32.6 Å². The van der Waals surface area contributed by atoms with Crippen LogP contribution in [0.25, 0.3) is 0 Å². The molecule has 1 aliphatic carbocycles. The summed E-state index contributed by atoms with van der Waals surface area (Å²) < 4.78 is 0. The average molecular weight is 372 g/mol. The third-order valence-electron chi connectivity index (χ3n) is 6.05. The van der Waals surface area contributed by atoms with Gasteiger partial charge < -0.3 is 15.5 Å². The molecule has 2 amide bonds. The van der Waals surface area contributed by atoms with Gasteiger partial charge in [-0.3, -0.25) is 9.59 Å². The lowest BCUT2D eigenvalue weighted by molar-refractivity contribution is -0.141. The van der Waals surface area contributed by atoms with E-state index in [2.05, 4.69) is 10.6 Å². The highest BCUT2D eigenvalue weighted by molar-refractivity contribution is 5.84. The van der Waals surface area contributed by atoms with Crippen LogP contribution in [0.15, 0.2) is 30.3 Å². The summed E-state index contributed by atoms with van der Waals surface area (Å²) in [7, 11) is 1.81. The van der Waals surface area contributed by atoms with Crippen LogP contribution in [0.1, 0.15) is 63.0 Å². The number of benzene rings is 1. The van der Waals surface area contributed by atoms with E-state index >= 15 is 0 Å². The van der Waals surface area contributed by atoms with Crippen LogP contribution < -0.4 is 10.6 Å². The maximum absolute atomic E-state index is 12.9. The fraction of sp³-hybridized carbons (Fsp3) is 0.636. The molecule has 2 atom stereocenters. The SMILES string of the molecule is CN1C(=O)CCC(C(=O)NCCNC2CCCCCC2)C1c1ccccc1. The van der Waals surface area contributed by atoms with Gasteiger partial charge in [0.15, 0.2) is 0 Å². The van der Waals surface area contributed by atoms with E-state index in [1.165, 1.54) is 38.5 Å². The van der Waals surface area contributed by atoms with Crippen molar-refractivity contribution in [3.05, 3.63) is 35.9 Å². The van der Waals surface area contributed by atoms with Crippen molar-refractivity contribution in [2.45, 2.75) is 63.5 Å². The van der Waals surface area contributed by atoms with Gasteiger partial charge in [0.05, 0.1) is 12.0 Å². The molecule has 1 aromatic carbocycles. The number of nitrogens with one attached hydrogen (secondary N) is 2. The molecule has 27 heavy (non-hydrogen) atoms. The van der Waals surface area contributed by atoms with Crippen LogP contribution in [0.5, 0.6) is 0 Å². The zero-order valence-corrected chi connectivity index (χ0v) is 16.5. The molecule has 2 N–H and O–H groups in total. The summed E-state index contributed by atoms with van der Waals surface area (Å²) >= 11 is 0. The van der Waals surface area contributed by atoms with Gasteiger partial charge in [0.1, 0.15) is 0 Å². The lowest BCUT2D eigenvalue weighted by Crippen LogP contribution is -2.47. The van der Waals surface area contributed by atoms with Crippen LogP contribution in [-0.4, -0.2) is 42.9 Å². The van der Waals surface area contributed by atoms with Gasteiger partial charge in [-0.1, -0.05) is 56.0 Å². The van der Waals surface area contributed by atoms with Crippen LogP contribution >= 0.6 is 0 Å². The minimum absolute atomic E-state index is 0.0610. The summed E-state index contributed by atoms with van der Waals surface area (Å²) in [5.41, 5.74) is 1.03. The van der Waals surface area contributed by atoms with Gasteiger partial charge >= 0.3 is 0 Å². The molecule has 5 heteroatoms. The van der Waals surface area contributed by atoms with Crippen LogP contribution in [0.2, 0.25) is 0 Å². The molecule has 0 spiro atoms. The predicted octanol–water partition coefficient (Wildman–Crippen LogP) is 3.02. The maximum atomic E-state index is 12.9. The Hall–Kier alpha value is -1.88. The second-order valence-electron chi connectivity index (χ2n) is 7.94. The number of likely N-dealkylation sites (tertiary alicyclic amines) is 1. The number of hydrogen-bond acceptors (Lipinski definition) is 3. The van der Waals surface area contributed by atoms with Gasteiger partial charge in [0.25, 0.3) is 0 Å². The standard InChI is InChI=1S/C22H33N3O2/c1-25-20(26)14-13-19(21(25)17-9-5-4-6-10-17)22(27)24-16-15-23-18-11-7-2-3-8-12-18/h4-6,9-10,18-19,21,23H,2-3,7-8,11-16H2,1H3,(H,24,27). The Kier molecular flexibility index (Phi) is 7.27. The van der Waals surface area contributed by atoms with E-state index in [1.54, 1.807) is 4.90 Å². The summed E-state index contributed by atoms with van der Waals surface area (Å²) in [6, 6.07) is 10.3. The quantitative estimate of drug-likeness (QED) is 0.597. The summed E-state index contributed by atoms with van der Waals surface area (Å²) in [5.74, 6) is -0.0122. The first-order chi connectivity index (χ1) is 13.2. The fourth-order valence-electron chi connectivity index (χ4n) is 4.50. The molecule has 5 nitrogen and oxygen atoms in total. The second kappa shape index (κ2) is 9.88. The topological polar surface area (TPSA) is 61.4 Å². The number of nitrogens with zero attached hydrogens (tertiary/aromatic N) is 1. The Morgan fingerprint density at radius 1 is 1.04 bits per heavy atom. The molecule has 2 fully saturated rings. The minimum atomic E-state index is -0.187. The molecule has 1 aliphatic heterocycles. The summed E-state index contributed by atoms with van der Waals surface area (Å²) in [6.07, 6.45) is 8.88. The van der Waals surface area contributed by atoms with Crippen LogP contribution in [0.3, 0.4) is 0 Å². The van der Waals surface area contributed by atoms with Crippen molar-refractivity contribution >= 4 is 11.8 Å². The average Bonchev–Trinajstić information content (AvgIpc) is 2.96. The first kappa shape index (κ1) is 19.9. The Morgan fingerprint density at radius 2 is 1.74 bits per heavy atom. The molecule has 3 rings (SSSR count). The zero-order valence-electron chi connectivity index (χ0n) is 16.5. The molecule has 0 aromatic heterocycles. The molecule has 0 radical (unpaired) electrons. The number of carbonyl (C=O) groups excluding carboxylic acids is 2. The lowest BCUT2D eigenvalue weighted by Gasteiger charge is -2.38. The summed E-state index contributed by atoms with van der Waals surface area (Å²) in [6.45, 7) is 1.46. The number of carbonyl (C=O) groups is 2. The van der Waals surface area contributed by atoms with Gasteiger partial charge in [-0.15, -0.1) is 0 Å². The van der Waals surface area contributed by atoms with E-state index in [0.29, 0.717) is 25.4 Å². The Bertz CT molecular complexity index is 611. The molecule has 1 heterocycles. The van der Waals surface area contributed by atoms with Crippen molar-refractivity contribution in [1.29, 1.82) is 0 Å². The molecule has 0 bridgehead atoms. The summed E-state index contributed by atoms with van der Waals surface area (Å²) in [5, 5.41) is 6.70. The maximum Gasteiger partial charge on any atom is 0.225 e. The van der Waals surface area contributed by atoms with Crippen LogP contribution in [-0.2, 0) is 9.59 Å². The van der Waals surface area contributed by atoms with Gasteiger partial charge in [-0.25, -0.2) is 0 Å². The molecule has 148 valence electrons. The molecular formula is C22H33N3O2. The minimum Gasteiger partial charge on any atom is -0.355 e. The van der Waals surface area contributed by atoms with Crippen LogP contribution in [0, 0.1) is 5.92 Å². The van der Waals surface area contributed by atoms with Crippen molar-refractivity contribution in [1.82, 2.24) is 15.5 Å². The number of piperidine rings is 1. The molecule has 1 aromatic rings. The van der Waals surface area contributed by atoms with Gasteiger partial charge in [-0.05, 0) is 24.8 Å². The number of amides is 2. The Labute approximate surface area is 162 Å². The van der Waals surface area contributed by atoms with E-state index in [4.69, 9.17) is 0 Å². The van der Waals surface area contributed by atoms with E-state index in [9.17, 15) is 9.59 Å². The Balaban J connectivity index is 1.53. The molecule has 2 unspecified atom stereocenters. The molecule has 1 saturated carbocycles. The zero-order chi connectivity index (χ0) is 19.1. The third kappa shape index (κ3) is 5.32. The van der Waals surface area contributed by atoms with E-state index < -0.39 is 0 Å². The molecule has 1 saturated heterocycles. The highest BCUT2D eigenvalue weighted by Gasteiger charge is 2.38. The van der Waals surface area contributed by atoms with Crippen molar-refractivity contribution in [2.24, 2.45) is 5.92 Å². The highest BCUT2D eigenvalue weighted by atomic mass is 16.2. The van der Waals surface area contributed by atoms with Crippen LogP contribution in [0.4, 0.5) is 0 Å². The van der Waals surface area contributed by atoms with E-state index in [-0.39, 0.29) is 23.8 Å². The fourth-order valence-corrected chi connectivity index (χ4v) is 4.50. The number of hydrogen-bond donors (Lipinski definition) is 2. The van der Waals surface area contributed by atoms with E-state index in [0.717, 1.165) is 12.1 Å². The molecular weight excluding hydrogens is 338 g/mol. The monoisotopic (exact) mass is 371 g/mol. The third-order valence-corrected chi connectivity index (χ3v) is 6.05. The van der Waals surface area contributed by atoms with Crippen molar-refractivity contribution < 1.29 is 9.59 Å². The van der Waals surface area contributed by atoms with Crippen molar-refractivity contribution in [2.75, 3.05) is 20.1 Å². The number of rotatable bonds is 6. The first-order valence-corrected chi connectivity index (χ1v) is 10.5. The largest absolute Gasteiger partial charge is 0.355 e.